The fraction of sp³-hybridized carbons (Fsp3) is 0.200. The van der Waals surface area contributed by atoms with Crippen LogP contribution in [0, 0.1) is 10.1 Å². The largest absolute Gasteiger partial charge is 0.270 e. The van der Waals surface area contributed by atoms with E-state index in [1.54, 1.807) is 6.92 Å². The Morgan fingerprint density at radius 3 is 2.76 bits per heavy atom. The molecular weight excluding hydrogens is 322 g/mol. The van der Waals surface area contributed by atoms with E-state index in [-0.39, 0.29) is 15.6 Å². The fourth-order valence-corrected chi connectivity index (χ4v) is 3.31. The zero-order chi connectivity index (χ0) is 15.6. The molecule has 0 bridgehead atoms. The van der Waals surface area contributed by atoms with Gasteiger partial charge in [0.1, 0.15) is 17.0 Å². The number of nitrogens with one attached hydrogen (secondary N) is 2. The van der Waals surface area contributed by atoms with Crippen LogP contribution < -0.4 is 4.72 Å². The number of halogens is 1. The number of nitro benzene ring substituents is 1. The SMILES string of the molecule is CC(NS(=O)(=O)c1cc([N+](=O)[O-])ccc1Cl)c1ncn[nH]1. The molecule has 2 aromatic rings. The van der Waals surface area contributed by atoms with Crippen molar-refractivity contribution in [2.24, 2.45) is 0 Å². The number of aromatic nitrogens is 3. The van der Waals surface area contributed by atoms with Gasteiger partial charge in [0.05, 0.1) is 16.0 Å². The highest BCUT2D eigenvalue weighted by Gasteiger charge is 2.24. The average molecular weight is 332 g/mol. The first-order valence-corrected chi connectivity index (χ1v) is 7.49. The molecule has 2 rings (SSSR count). The molecule has 11 heteroatoms. The van der Waals surface area contributed by atoms with Crippen LogP contribution in [-0.4, -0.2) is 28.5 Å². The first kappa shape index (κ1) is 15.4. The summed E-state index contributed by atoms with van der Waals surface area (Å²) in [5.74, 6) is 0.306. The van der Waals surface area contributed by atoms with Crippen LogP contribution in [0.5, 0.6) is 0 Å². The molecule has 0 fully saturated rings. The normalized spacial score (nSPS) is 13.0. The van der Waals surface area contributed by atoms with E-state index in [4.69, 9.17) is 11.6 Å². The van der Waals surface area contributed by atoms with Crippen molar-refractivity contribution in [1.82, 2.24) is 19.9 Å². The van der Waals surface area contributed by atoms with Gasteiger partial charge in [-0.25, -0.2) is 18.1 Å². The minimum atomic E-state index is -4.05. The Balaban J connectivity index is 2.35. The highest BCUT2D eigenvalue weighted by molar-refractivity contribution is 7.89. The number of benzene rings is 1. The van der Waals surface area contributed by atoms with Crippen molar-refractivity contribution in [1.29, 1.82) is 0 Å². The number of nitrogens with zero attached hydrogens (tertiary/aromatic N) is 3. The van der Waals surface area contributed by atoms with Gasteiger partial charge < -0.3 is 0 Å². The van der Waals surface area contributed by atoms with Gasteiger partial charge in [-0.05, 0) is 13.0 Å². The number of sulfonamides is 1. The lowest BCUT2D eigenvalue weighted by atomic mass is 10.3. The number of non-ortho nitro benzene ring substituents is 1. The first-order chi connectivity index (χ1) is 9.81. The predicted octanol–water partition coefficient (Wildman–Crippen LogP) is 1.41. The quantitative estimate of drug-likeness (QED) is 0.629. The molecule has 1 atom stereocenters. The third-order valence-corrected chi connectivity index (χ3v) is 4.61. The van der Waals surface area contributed by atoms with Crippen LogP contribution in [0.4, 0.5) is 5.69 Å². The van der Waals surface area contributed by atoms with Gasteiger partial charge in [-0.2, -0.15) is 5.10 Å². The number of hydrogen-bond donors (Lipinski definition) is 2. The lowest BCUT2D eigenvalue weighted by molar-refractivity contribution is -0.385. The van der Waals surface area contributed by atoms with E-state index in [9.17, 15) is 18.5 Å². The minimum absolute atomic E-state index is 0.113. The van der Waals surface area contributed by atoms with Gasteiger partial charge in [-0.15, -0.1) is 0 Å². The predicted molar refractivity (Wildman–Crippen MR) is 73.2 cm³/mol. The maximum absolute atomic E-state index is 12.3. The van der Waals surface area contributed by atoms with Crippen molar-refractivity contribution in [3.63, 3.8) is 0 Å². The summed E-state index contributed by atoms with van der Waals surface area (Å²) < 4.78 is 26.8. The van der Waals surface area contributed by atoms with Crippen LogP contribution >= 0.6 is 11.6 Å². The molecular formula is C10H10ClN5O4S. The van der Waals surface area contributed by atoms with E-state index in [0.29, 0.717) is 5.82 Å². The second-order valence-electron chi connectivity index (χ2n) is 4.09. The summed E-state index contributed by atoms with van der Waals surface area (Å²) in [4.78, 5) is 13.5. The molecule has 0 radical (unpaired) electrons. The molecule has 0 amide bonds. The summed E-state index contributed by atoms with van der Waals surface area (Å²) in [6.07, 6.45) is 1.24. The van der Waals surface area contributed by atoms with Gasteiger partial charge in [0, 0.05) is 12.1 Å². The van der Waals surface area contributed by atoms with Crippen LogP contribution in [0.25, 0.3) is 0 Å². The first-order valence-electron chi connectivity index (χ1n) is 5.63. The molecule has 0 saturated carbocycles. The summed E-state index contributed by atoms with van der Waals surface area (Å²) in [5, 5.41) is 16.8. The molecule has 0 aliphatic rings. The molecule has 0 saturated heterocycles. The number of aromatic amines is 1. The lowest BCUT2D eigenvalue weighted by Crippen LogP contribution is -2.28. The lowest BCUT2D eigenvalue weighted by Gasteiger charge is -2.12. The number of hydrogen-bond acceptors (Lipinski definition) is 6. The van der Waals surface area contributed by atoms with Crippen LogP contribution in [0.1, 0.15) is 18.8 Å². The highest BCUT2D eigenvalue weighted by Crippen LogP contribution is 2.27. The fourth-order valence-electron chi connectivity index (χ4n) is 1.59. The van der Waals surface area contributed by atoms with Gasteiger partial charge in [0.15, 0.2) is 0 Å². The Morgan fingerprint density at radius 1 is 1.48 bits per heavy atom. The average Bonchev–Trinajstić information content (AvgIpc) is 2.92. The van der Waals surface area contributed by atoms with Crippen molar-refractivity contribution in [3.8, 4) is 0 Å². The van der Waals surface area contributed by atoms with Crippen molar-refractivity contribution in [2.75, 3.05) is 0 Å². The van der Waals surface area contributed by atoms with E-state index in [1.807, 2.05) is 0 Å². The molecule has 9 nitrogen and oxygen atoms in total. The molecule has 0 aliphatic heterocycles. The molecule has 1 aromatic carbocycles. The smallest absolute Gasteiger partial charge is 0.262 e. The third-order valence-electron chi connectivity index (χ3n) is 2.59. The molecule has 1 aromatic heterocycles. The monoisotopic (exact) mass is 331 g/mol. The summed E-state index contributed by atoms with van der Waals surface area (Å²) in [7, 11) is -4.05. The number of rotatable bonds is 5. The topological polar surface area (TPSA) is 131 Å². The van der Waals surface area contributed by atoms with Crippen molar-refractivity contribution in [3.05, 3.63) is 45.5 Å². The molecule has 21 heavy (non-hydrogen) atoms. The van der Waals surface area contributed by atoms with E-state index in [0.717, 1.165) is 18.2 Å². The number of H-pyrrole nitrogens is 1. The maximum atomic E-state index is 12.3. The third kappa shape index (κ3) is 3.35. The zero-order valence-corrected chi connectivity index (χ0v) is 12.2. The Hall–Kier alpha value is -2.04. The van der Waals surface area contributed by atoms with Gasteiger partial charge >= 0.3 is 0 Å². The molecule has 1 heterocycles. The summed E-state index contributed by atoms with van der Waals surface area (Å²) in [6, 6.07) is 2.49. The Bertz CT molecular complexity index is 762. The summed E-state index contributed by atoms with van der Waals surface area (Å²) in [6.45, 7) is 1.54. The number of nitro groups is 1. The zero-order valence-electron chi connectivity index (χ0n) is 10.6. The highest BCUT2D eigenvalue weighted by atomic mass is 35.5. The molecule has 1 unspecified atom stereocenters. The van der Waals surface area contributed by atoms with Crippen LogP contribution in [0.3, 0.4) is 0 Å². The van der Waals surface area contributed by atoms with Crippen LogP contribution in [0.2, 0.25) is 5.02 Å². The Kier molecular flexibility index (Phi) is 4.21. The Labute approximate surface area is 124 Å². The minimum Gasteiger partial charge on any atom is -0.262 e. The summed E-state index contributed by atoms with van der Waals surface area (Å²) >= 11 is 5.82. The molecule has 112 valence electrons. The van der Waals surface area contributed by atoms with Crippen molar-refractivity contribution >= 4 is 27.3 Å². The standard InChI is InChI=1S/C10H10ClN5O4S/c1-6(10-12-5-13-14-10)15-21(19,20)9-4-7(16(17)18)2-3-8(9)11/h2-6,15H,1H3,(H,12,13,14). The van der Waals surface area contributed by atoms with E-state index in [1.165, 1.54) is 6.33 Å². The van der Waals surface area contributed by atoms with Gasteiger partial charge in [-0.1, -0.05) is 11.6 Å². The van der Waals surface area contributed by atoms with E-state index < -0.39 is 21.0 Å². The molecule has 0 spiro atoms. The van der Waals surface area contributed by atoms with Crippen molar-refractivity contribution < 1.29 is 13.3 Å². The van der Waals surface area contributed by atoms with Gasteiger partial charge in [-0.3, -0.25) is 15.2 Å². The second kappa shape index (κ2) is 5.76. The van der Waals surface area contributed by atoms with Gasteiger partial charge in [0.25, 0.3) is 5.69 Å². The molecule has 0 aliphatic carbocycles. The van der Waals surface area contributed by atoms with E-state index >= 15 is 0 Å². The van der Waals surface area contributed by atoms with E-state index in [2.05, 4.69) is 19.9 Å². The maximum Gasteiger partial charge on any atom is 0.270 e. The van der Waals surface area contributed by atoms with Crippen LogP contribution in [0.15, 0.2) is 29.4 Å². The molecule has 2 N–H and O–H groups in total. The second-order valence-corrected chi connectivity index (χ2v) is 6.18. The van der Waals surface area contributed by atoms with Crippen LogP contribution in [-0.2, 0) is 10.0 Å². The van der Waals surface area contributed by atoms with Gasteiger partial charge in [0.2, 0.25) is 10.0 Å². The van der Waals surface area contributed by atoms with Crippen molar-refractivity contribution in [2.45, 2.75) is 17.9 Å². The Morgan fingerprint density at radius 2 is 2.19 bits per heavy atom. The summed E-state index contributed by atoms with van der Waals surface area (Å²) in [5.41, 5.74) is -0.368.